The van der Waals surface area contributed by atoms with E-state index in [4.69, 9.17) is 5.73 Å². The molecule has 0 radical (unpaired) electrons. The maximum Gasteiger partial charge on any atom is 0.259 e. The fourth-order valence-corrected chi connectivity index (χ4v) is 3.67. The van der Waals surface area contributed by atoms with E-state index >= 15 is 0 Å². The Morgan fingerprint density at radius 1 is 1.00 bits per heavy atom. The minimum absolute atomic E-state index is 0.188. The van der Waals surface area contributed by atoms with Gasteiger partial charge < -0.3 is 11.1 Å². The summed E-state index contributed by atoms with van der Waals surface area (Å²) in [5.74, 6) is -0.389. The van der Waals surface area contributed by atoms with Crippen LogP contribution in [0.15, 0.2) is 84.1 Å². The fourth-order valence-electron chi connectivity index (χ4n) is 3.04. The Kier molecular flexibility index (Phi) is 5.26. The van der Waals surface area contributed by atoms with Gasteiger partial charge in [-0.1, -0.05) is 24.3 Å². The number of benzene rings is 2. The summed E-state index contributed by atoms with van der Waals surface area (Å²) in [6.45, 7) is 0. The molecule has 9 heteroatoms. The number of nitrogens with two attached hydrogens (primary N) is 1. The van der Waals surface area contributed by atoms with Gasteiger partial charge in [-0.2, -0.15) is 5.10 Å². The van der Waals surface area contributed by atoms with Crippen molar-refractivity contribution in [2.24, 2.45) is 0 Å². The molecule has 0 unspecified atom stereocenters. The SMILES string of the molecule is CS(=O)(=O)c1ccc(-c2nn(-c3ccncc3)cc2C(=O)Nc2ccccc2N)cc1. The number of rotatable bonds is 5. The van der Waals surface area contributed by atoms with Crippen molar-refractivity contribution in [1.82, 2.24) is 14.8 Å². The van der Waals surface area contributed by atoms with Gasteiger partial charge in [0.2, 0.25) is 0 Å². The number of anilines is 2. The standard InChI is InChI=1S/C22H19N5O3S/c1-31(29,30)17-8-6-15(7-9-17)21-18(14-27(26-21)16-10-12-24-13-11-16)22(28)25-20-5-3-2-4-19(20)23/h2-14H,23H2,1H3,(H,25,28). The van der Waals surface area contributed by atoms with Gasteiger partial charge >= 0.3 is 0 Å². The van der Waals surface area contributed by atoms with E-state index in [1.165, 1.54) is 12.1 Å². The van der Waals surface area contributed by atoms with Crippen LogP contribution in [0, 0.1) is 0 Å². The molecule has 4 rings (SSSR count). The number of carbonyl (C=O) groups is 1. The highest BCUT2D eigenvalue weighted by Crippen LogP contribution is 2.27. The predicted molar refractivity (Wildman–Crippen MR) is 119 cm³/mol. The van der Waals surface area contributed by atoms with E-state index in [9.17, 15) is 13.2 Å². The van der Waals surface area contributed by atoms with E-state index in [-0.39, 0.29) is 10.8 Å². The lowest BCUT2D eigenvalue weighted by Crippen LogP contribution is -2.13. The molecule has 0 bridgehead atoms. The average Bonchev–Trinajstić information content (AvgIpc) is 3.21. The summed E-state index contributed by atoms with van der Waals surface area (Å²) in [5, 5.41) is 7.39. The van der Waals surface area contributed by atoms with Gasteiger partial charge in [0.15, 0.2) is 9.84 Å². The van der Waals surface area contributed by atoms with Crippen LogP contribution in [-0.4, -0.2) is 35.3 Å². The first kappa shape index (κ1) is 20.3. The largest absolute Gasteiger partial charge is 0.397 e. The molecule has 1 amide bonds. The number of hydrogen-bond acceptors (Lipinski definition) is 6. The normalized spacial score (nSPS) is 11.3. The molecule has 8 nitrogen and oxygen atoms in total. The molecule has 31 heavy (non-hydrogen) atoms. The van der Waals surface area contributed by atoms with Crippen molar-refractivity contribution in [3.63, 3.8) is 0 Å². The fraction of sp³-hybridized carbons (Fsp3) is 0.0455. The molecule has 2 aromatic heterocycles. The quantitative estimate of drug-likeness (QED) is 0.467. The molecule has 0 spiro atoms. The summed E-state index contributed by atoms with van der Waals surface area (Å²) in [6.07, 6.45) is 6.01. The Bertz CT molecular complexity index is 1350. The van der Waals surface area contributed by atoms with Gasteiger partial charge in [-0.3, -0.25) is 9.78 Å². The number of nitrogens with one attached hydrogen (secondary N) is 1. The van der Waals surface area contributed by atoms with E-state index < -0.39 is 9.84 Å². The number of carbonyl (C=O) groups excluding carboxylic acids is 1. The number of sulfone groups is 1. The zero-order valence-electron chi connectivity index (χ0n) is 16.6. The molecular formula is C22H19N5O3S. The number of aromatic nitrogens is 3. The third-order valence-electron chi connectivity index (χ3n) is 4.65. The van der Waals surface area contributed by atoms with Gasteiger partial charge in [0, 0.05) is 30.4 Å². The van der Waals surface area contributed by atoms with Crippen LogP contribution in [-0.2, 0) is 9.84 Å². The van der Waals surface area contributed by atoms with Gasteiger partial charge in [-0.25, -0.2) is 13.1 Å². The molecule has 2 heterocycles. The zero-order chi connectivity index (χ0) is 22.0. The second-order valence-electron chi connectivity index (χ2n) is 6.88. The van der Waals surface area contributed by atoms with E-state index in [0.29, 0.717) is 28.2 Å². The lowest BCUT2D eigenvalue weighted by molar-refractivity contribution is 0.102. The minimum atomic E-state index is -3.34. The summed E-state index contributed by atoms with van der Waals surface area (Å²) >= 11 is 0. The molecular weight excluding hydrogens is 414 g/mol. The Morgan fingerprint density at radius 3 is 2.32 bits per heavy atom. The maximum atomic E-state index is 13.1. The molecule has 2 aromatic carbocycles. The Morgan fingerprint density at radius 2 is 1.68 bits per heavy atom. The van der Waals surface area contributed by atoms with E-state index in [2.05, 4.69) is 15.4 Å². The third kappa shape index (κ3) is 4.31. The Balaban J connectivity index is 1.78. The van der Waals surface area contributed by atoms with Gasteiger partial charge in [0.25, 0.3) is 5.91 Å². The van der Waals surface area contributed by atoms with Crippen molar-refractivity contribution in [1.29, 1.82) is 0 Å². The summed E-state index contributed by atoms with van der Waals surface area (Å²) in [7, 11) is -3.34. The summed E-state index contributed by atoms with van der Waals surface area (Å²) < 4.78 is 25.1. The van der Waals surface area contributed by atoms with Crippen LogP contribution in [0.3, 0.4) is 0 Å². The van der Waals surface area contributed by atoms with E-state index in [0.717, 1.165) is 11.9 Å². The lowest BCUT2D eigenvalue weighted by Gasteiger charge is -2.08. The Labute approximate surface area is 179 Å². The predicted octanol–water partition coefficient (Wildman–Crippen LogP) is 3.17. The molecule has 0 saturated carbocycles. The minimum Gasteiger partial charge on any atom is -0.397 e. The van der Waals surface area contributed by atoms with Crippen molar-refractivity contribution in [2.75, 3.05) is 17.3 Å². The van der Waals surface area contributed by atoms with E-state index in [1.54, 1.807) is 71.8 Å². The summed E-state index contributed by atoms with van der Waals surface area (Å²) in [6, 6.07) is 16.7. The van der Waals surface area contributed by atoms with Crippen molar-refractivity contribution in [2.45, 2.75) is 4.90 Å². The smallest absolute Gasteiger partial charge is 0.259 e. The third-order valence-corrected chi connectivity index (χ3v) is 5.78. The molecule has 4 aromatic rings. The molecule has 156 valence electrons. The molecule has 0 aliphatic heterocycles. The highest BCUT2D eigenvalue weighted by Gasteiger charge is 2.20. The van der Waals surface area contributed by atoms with Crippen molar-refractivity contribution in [3.8, 4) is 16.9 Å². The number of nitrogen functional groups attached to an aromatic ring is 1. The lowest BCUT2D eigenvalue weighted by atomic mass is 10.1. The van der Waals surface area contributed by atoms with Crippen LogP contribution in [0.1, 0.15) is 10.4 Å². The number of hydrogen-bond donors (Lipinski definition) is 2. The number of pyridine rings is 1. The van der Waals surface area contributed by atoms with Crippen LogP contribution < -0.4 is 11.1 Å². The van der Waals surface area contributed by atoms with Gasteiger partial charge in [-0.05, 0) is 36.4 Å². The maximum absolute atomic E-state index is 13.1. The first-order valence-electron chi connectivity index (χ1n) is 9.29. The monoisotopic (exact) mass is 433 g/mol. The molecule has 3 N–H and O–H groups in total. The van der Waals surface area contributed by atoms with Gasteiger partial charge in [0.1, 0.15) is 5.69 Å². The van der Waals surface area contributed by atoms with Gasteiger partial charge in [0.05, 0.1) is 27.5 Å². The van der Waals surface area contributed by atoms with Crippen LogP contribution >= 0.6 is 0 Å². The highest BCUT2D eigenvalue weighted by atomic mass is 32.2. The van der Waals surface area contributed by atoms with Crippen molar-refractivity contribution < 1.29 is 13.2 Å². The van der Waals surface area contributed by atoms with Crippen LogP contribution in [0.5, 0.6) is 0 Å². The highest BCUT2D eigenvalue weighted by molar-refractivity contribution is 7.90. The van der Waals surface area contributed by atoms with Crippen molar-refractivity contribution in [3.05, 3.63) is 84.8 Å². The topological polar surface area (TPSA) is 120 Å². The average molecular weight is 433 g/mol. The summed E-state index contributed by atoms with van der Waals surface area (Å²) in [5.41, 5.74) is 8.93. The Hall–Kier alpha value is -3.98. The molecule has 0 aliphatic carbocycles. The van der Waals surface area contributed by atoms with Crippen molar-refractivity contribution >= 4 is 27.1 Å². The zero-order valence-corrected chi connectivity index (χ0v) is 17.4. The van der Waals surface area contributed by atoms with Gasteiger partial charge in [-0.15, -0.1) is 0 Å². The first-order valence-corrected chi connectivity index (χ1v) is 11.2. The van der Waals surface area contributed by atoms with Crippen LogP contribution in [0.25, 0.3) is 16.9 Å². The van der Waals surface area contributed by atoms with Crippen LogP contribution in [0.2, 0.25) is 0 Å². The summed E-state index contributed by atoms with van der Waals surface area (Å²) in [4.78, 5) is 17.3. The molecule has 0 atom stereocenters. The number of nitrogens with zero attached hydrogens (tertiary/aromatic N) is 3. The van der Waals surface area contributed by atoms with Crippen LogP contribution in [0.4, 0.5) is 11.4 Å². The first-order chi connectivity index (χ1) is 14.8. The number of amides is 1. The molecule has 0 aliphatic rings. The molecule has 0 saturated heterocycles. The second-order valence-corrected chi connectivity index (χ2v) is 8.90. The second kappa shape index (κ2) is 8.04. The number of para-hydroxylation sites is 2. The molecule has 0 fully saturated rings. The van der Waals surface area contributed by atoms with E-state index in [1.807, 2.05) is 0 Å².